The Morgan fingerprint density at radius 2 is 1.81 bits per heavy atom. The molecule has 3 aromatic rings. The molecule has 2 aromatic carbocycles. The summed E-state index contributed by atoms with van der Waals surface area (Å²) in [5.74, 6) is -0.590. The van der Waals surface area contributed by atoms with Gasteiger partial charge in [-0.15, -0.1) is 0 Å². The smallest absolute Gasteiger partial charge is 0.342 e. The fourth-order valence-corrected chi connectivity index (χ4v) is 3.47. The van der Waals surface area contributed by atoms with Crippen LogP contribution in [0.2, 0.25) is 0 Å². The van der Waals surface area contributed by atoms with Crippen molar-refractivity contribution in [2.75, 3.05) is 25.6 Å². The van der Waals surface area contributed by atoms with Crippen LogP contribution in [0.3, 0.4) is 0 Å². The second kappa shape index (κ2) is 7.62. The molecule has 0 radical (unpaired) electrons. The van der Waals surface area contributed by atoms with Gasteiger partial charge >= 0.3 is 5.97 Å². The maximum atomic E-state index is 12.4. The van der Waals surface area contributed by atoms with E-state index in [-0.39, 0.29) is 17.9 Å². The first-order valence-electron chi connectivity index (χ1n) is 8.35. The van der Waals surface area contributed by atoms with Gasteiger partial charge in [0.15, 0.2) is 0 Å². The number of thiophene rings is 1. The van der Waals surface area contributed by atoms with Crippen molar-refractivity contribution >= 4 is 23.0 Å². The van der Waals surface area contributed by atoms with E-state index >= 15 is 0 Å². The fourth-order valence-electron chi connectivity index (χ4n) is 2.81. The first-order valence-corrected chi connectivity index (χ1v) is 9.30. The van der Waals surface area contributed by atoms with E-state index in [0.29, 0.717) is 5.56 Å². The van der Waals surface area contributed by atoms with Crippen LogP contribution >= 0.6 is 11.3 Å². The summed E-state index contributed by atoms with van der Waals surface area (Å²) in [5.41, 5.74) is 4.64. The third-order valence-corrected chi connectivity index (χ3v) is 4.83. The van der Waals surface area contributed by atoms with Crippen molar-refractivity contribution in [1.82, 2.24) is 0 Å². The molecule has 0 atom stereocenters. The van der Waals surface area contributed by atoms with Crippen molar-refractivity contribution in [3.63, 3.8) is 0 Å². The average molecular weight is 367 g/mol. The molecule has 134 valence electrons. The zero-order valence-electron chi connectivity index (χ0n) is 15.0. The molecule has 0 aliphatic carbocycles. The summed E-state index contributed by atoms with van der Waals surface area (Å²) < 4.78 is 5.16. The maximum absolute atomic E-state index is 12.4. The monoisotopic (exact) mass is 367 g/mol. The second-order valence-corrected chi connectivity index (χ2v) is 6.87. The van der Waals surface area contributed by atoms with Gasteiger partial charge in [0.25, 0.3) is 0 Å². The minimum atomic E-state index is -0.520. The SMILES string of the molecule is CCOC(=O)c1c(O)cc(-c2ccsc2)cc1-c1ccc(N(C)C)cc1. The number of ether oxygens (including phenoxy) is 1. The van der Waals surface area contributed by atoms with Crippen LogP contribution in [0.1, 0.15) is 17.3 Å². The molecule has 0 aliphatic heterocycles. The lowest BCUT2D eigenvalue weighted by Gasteiger charge is -2.16. The predicted octanol–water partition coefficient (Wildman–Crippen LogP) is 5.03. The number of hydrogen-bond donors (Lipinski definition) is 1. The van der Waals surface area contributed by atoms with Crippen molar-refractivity contribution in [3.8, 4) is 28.0 Å². The molecule has 1 heterocycles. The van der Waals surface area contributed by atoms with Crippen molar-refractivity contribution < 1.29 is 14.6 Å². The molecule has 4 nitrogen and oxygen atoms in total. The number of benzene rings is 2. The van der Waals surface area contributed by atoms with Gasteiger partial charge in [0.2, 0.25) is 0 Å². The largest absolute Gasteiger partial charge is 0.507 e. The van der Waals surface area contributed by atoms with E-state index in [0.717, 1.165) is 22.4 Å². The first kappa shape index (κ1) is 18.0. The lowest BCUT2D eigenvalue weighted by atomic mass is 9.94. The second-order valence-electron chi connectivity index (χ2n) is 6.09. The molecule has 0 amide bonds. The third-order valence-electron chi connectivity index (χ3n) is 4.15. The summed E-state index contributed by atoms with van der Waals surface area (Å²) in [6.07, 6.45) is 0. The van der Waals surface area contributed by atoms with Gasteiger partial charge in [-0.25, -0.2) is 4.79 Å². The average Bonchev–Trinajstić information content (AvgIpc) is 3.16. The summed E-state index contributed by atoms with van der Waals surface area (Å²) >= 11 is 1.59. The van der Waals surface area contributed by atoms with Gasteiger partial charge in [-0.2, -0.15) is 11.3 Å². The van der Waals surface area contributed by atoms with E-state index in [1.165, 1.54) is 0 Å². The van der Waals surface area contributed by atoms with E-state index in [1.807, 2.05) is 66.2 Å². The zero-order valence-corrected chi connectivity index (χ0v) is 15.8. The molecule has 0 saturated heterocycles. The maximum Gasteiger partial charge on any atom is 0.342 e. The number of aromatic hydroxyl groups is 1. The molecule has 0 saturated carbocycles. The molecule has 0 unspecified atom stereocenters. The molecule has 1 N–H and O–H groups in total. The van der Waals surface area contributed by atoms with E-state index in [2.05, 4.69) is 0 Å². The van der Waals surface area contributed by atoms with E-state index in [4.69, 9.17) is 4.74 Å². The summed E-state index contributed by atoms with van der Waals surface area (Å²) in [6.45, 7) is 2.00. The van der Waals surface area contributed by atoms with Crippen LogP contribution in [0, 0.1) is 0 Å². The molecule has 0 spiro atoms. The highest BCUT2D eigenvalue weighted by Crippen LogP contribution is 2.37. The minimum Gasteiger partial charge on any atom is -0.507 e. The van der Waals surface area contributed by atoms with Crippen LogP contribution in [0.4, 0.5) is 5.69 Å². The van der Waals surface area contributed by atoms with Crippen LogP contribution in [0.25, 0.3) is 22.3 Å². The van der Waals surface area contributed by atoms with Gasteiger partial charge in [-0.3, -0.25) is 0 Å². The van der Waals surface area contributed by atoms with Gasteiger partial charge in [-0.05, 0) is 64.7 Å². The topological polar surface area (TPSA) is 49.8 Å². The number of rotatable bonds is 5. The Labute approximate surface area is 157 Å². The molecule has 0 fully saturated rings. The quantitative estimate of drug-likeness (QED) is 0.643. The number of phenols is 1. The molecule has 1 aromatic heterocycles. The predicted molar refractivity (Wildman–Crippen MR) is 107 cm³/mol. The number of carbonyl (C=O) groups excluding carboxylic acids is 1. The van der Waals surface area contributed by atoms with Crippen LogP contribution < -0.4 is 4.90 Å². The Morgan fingerprint density at radius 1 is 1.08 bits per heavy atom. The lowest BCUT2D eigenvalue weighted by molar-refractivity contribution is 0.0524. The summed E-state index contributed by atoms with van der Waals surface area (Å²) in [5, 5.41) is 14.6. The number of anilines is 1. The van der Waals surface area contributed by atoms with Gasteiger partial charge in [0.1, 0.15) is 11.3 Å². The third kappa shape index (κ3) is 3.58. The summed E-state index contributed by atoms with van der Waals surface area (Å²) in [6, 6.07) is 13.4. The molecule has 3 rings (SSSR count). The highest BCUT2D eigenvalue weighted by Gasteiger charge is 2.21. The fraction of sp³-hybridized carbons (Fsp3) is 0.190. The first-order chi connectivity index (χ1) is 12.5. The molecule has 0 aliphatic rings. The lowest BCUT2D eigenvalue weighted by Crippen LogP contribution is -2.09. The molecule has 26 heavy (non-hydrogen) atoms. The number of phenolic OH excluding ortho intramolecular Hbond substituents is 1. The summed E-state index contributed by atoms with van der Waals surface area (Å²) in [4.78, 5) is 14.5. The van der Waals surface area contributed by atoms with E-state index in [1.54, 1.807) is 24.3 Å². The Bertz CT molecular complexity index is 900. The van der Waals surface area contributed by atoms with Crippen molar-refractivity contribution in [2.45, 2.75) is 6.92 Å². The van der Waals surface area contributed by atoms with Gasteiger partial charge in [0, 0.05) is 25.3 Å². The molecule has 5 heteroatoms. The van der Waals surface area contributed by atoms with Crippen molar-refractivity contribution in [3.05, 3.63) is 58.8 Å². The number of carbonyl (C=O) groups is 1. The van der Waals surface area contributed by atoms with Crippen LogP contribution in [0.5, 0.6) is 5.75 Å². The Hall–Kier alpha value is -2.79. The van der Waals surface area contributed by atoms with Gasteiger partial charge < -0.3 is 14.7 Å². The Kier molecular flexibility index (Phi) is 5.28. The minimum absolute atomic E-state index is 0.0705. The molecule has 0 bridgehead atoms. The van der Waals surface area contributed by atoms with Crippen LogP contribution in [0.15, 0.2) is 53.2 Å². The number of hydrogen-bond acceptors (Lipinski definition) is 5. The van der Waals surface area contributed by atoms with E-state index < -0.39 is 5.97 Å². The van der Waals surface area contributed by atoms with Gasteiger partial charge in [-0.1, -0.05) is 12.1 Å². The van der Waals surface area contributed by atoms with Crippen molar-refractivity contribution in [2.24, 2.45) is 0 Å². The van der Waals surface area contributed by atoms with Crippen LogP contribution in [-0.2, 0) is 4.74 Å². The van der Waals surface area contributed by atoms with Crippen molar-refractivity contribution in [1.29, 1.82) is 0 Å². The Balaban J connectivity index is 2.17. The zero-order chi connectivity index (χ0) is 18.7. The highest BCUT2D eigenvalue weighted by atomic mass is 32.1. The standard InChI is InChI=1S/C21H21NO3S/c1-4-25-21(24)20-18(14-5-7-17(8-6-14)22(2)3)11-16(12-19(20)23)15-9-10-26-13-15/h5-13,23H,4H2,1-3H3. The number of nitrogens with zero attached hydrogens (tertiary/aromatic N) is 1. The number of esters is 1. The molecular weight excluding hydrogens is 346 g/mol. The van der Waals surface area contributed by atoms with Gasteiger partial charge in [0.05, 0.1) is 6.61 Å². The molecular formula is C21H21NO3S. The Morgan fingerprint density at radius 3 is 2.38 bits per heavy atom. The normalized spacial score (nSPS) is 10.6. The highest BCUT2D eigenvalue weighted by molar-refractivity contribution is 7.08. The van der Waals surface area contributed by atoms with E-state index in [9.17, 15) is 9.90 Å². The summed E-state index contributed by atoms with van der Waals surface area (Å²) in [7, 11) is 3.95. The van der Waals surface area contributed by atoms with Crippen LogP contribution in [-0.4, -0.2) is 31.8 Å².